The maximum Gasteiger partial charge on any atom is 0.237 e. The van der Waals surface area contributed by atoms with Gasteiger partial charge in [-0.05, 0) is 61.7 Å². The van der Waals surface area contributed by atoms with Gasteiger partial charge >= 0.3 is 0 Å². The van der Waals surface area contributed by atoms with Crippen LogP contribution in [0.15, 0.2) is 36.7 Å². The van der Waals surface area contributed by atoms with Crippen LogP contribution >= 0.6 is 0 Å². The summed E-state index contributed by atoms with van der Waals surface area (Å²) in [7, 11) is 1.58. The van der Waals surface area contributed by atoms with E-state index in [0.29, 0.717) is 18.0 Å². The molecule has 2 heterocycles. The van der Waals surface area contributed by atoms with Gasteiger partial charge in [-0.2, -0.15) is 0 Å². The third-order valence-electron chi connectivity index (χ3n) is 5.50. The van der Waals surface area contributed by atoms with Crippen LogP contribution in [0.5, 0.6) is 5.75 Å². The second kappa shape index (κ2) is 6.78. The number of carbonyl (C=O) groups is 2. The van der Waals surface area contributed by atoms with Crippen LogP contribution in [-0.2, 0) is 4.79 Å². The molecule has 6 heteroatoms. The maximum absolute atomic E-state index is 13.2. The lowest BCUT2D eigenvalue weighted by molar-refractivity contribution is -0.117. The minimum atomic E-state index is -0.420. The Labute approximate surface area is 163 Å². The summed E-state index contributed by atoms with van der Waals surface area (Å²) in [5.41, 5.74) is 5.56. The second-order valence-corrected chi connectivity index (χ2v) is 7.46. The van der Waals surface area contributed by atoms with E-state index in [1.807, 2.05) is 51.1 Å². The fourth-order valence-electron chi connectivity index (χ4n) is 3.75. The Bertz CT molecular complexity index is 1100. The molecular formula is C22H23N3O3. The standard InChI is InChI=1S/C22H23N3O3/c1-13-5-6-20(28-4)19(7-13)24-11-16(10-21(24)26)22(27)25-12-23-17-8-14(2)15(3)9-18(17)25/h5-9,12,16H,10-11H2,1-4H3. The normalized spacial score (nSPS) is 16.8. The van der Waals surface area contributed by atoms with Crippen LogP contribution in [0.2, 0.25) is 0 Å². The summed E-state index contributed by atoms with van der Waals surface area (Å²) in [5.74, 6) is 0.0369. The predicted octanol–water partition coefficient (Wildman–Crippen LogP) is 3.66. The molecule has 1 aromatic heterocycles. The smallest absolute Gasteiger partial charge is 0.237 e. The highest BCUT2D eigenvalue weighted by molar-refractivity contribution is 6.03. The first-order valence-corrected chi connectivity index (χ1v) is 9.32. The third kappa shape index (κ3) is 2.95. The van der Waals surface area contributed by atoms with Gasteiger partial charge in [0.2, 0.25) is 11.8 Å². The molecule has 4 rings (SSSR count). The number of ether oxygens (including phenoxy) is 1. The monoisotopic (exact) mass is 377 g/mol. The lowest BCUT2D eigenvalue weighted by Crippen LogP contribution is -2.27. The highest BCUT2D eigenvalue weighted by Crippen LogP contribution is 2.34. The van der Waals surface area contributed by atoms with Crippen molar-refractivity contribution in [2.24, 2.45) is 5.92 Å². The summed E-state index contributed by atoms with van der Waals surface area (Å²) < 4.78 is 7.00. The molecule has 1 amide bonds. The first-order chi connectivity index (χ1) is 13.4. The number of anilines is 1. The molecule has 144 valence electrons. The number of benzene rings is 2. The zero-order valence-corrected chi connectivity index (χ0v) is 16.5. The minimum absolute atomic E-state index is 0.0707. The SMILES string of the molecule is COc1ccc(C)cc1N1CC(C(=O)n2cnc3cc(C)c(C)cc32)CC1=O. The van der Waals surface area contributed by atoms with Gasteiger partial charge in [0, 0.05) is 13.0 Å². The van der Waals surface area contributed by atoms with E-state index < -0.39 is 5.92 Å². The van der Waals surface area contributed by atoms with Crippen LogP contribution < -0.4 is 9.64 Å². The molecule has 0 N–H and O–H groups in total. The average molecular weight is 377 g/mol. The summed E-state index contributed by atoms with van der Waals surface area (Å²) in [4.78, 5) is 31.9. The van der Waals surface area contributed by atoms with Crippen LogP contribution in [0.4, 0.5) is 5.69 Å². The van der Waals surface area contributed by atoms with Gasteiger partial charge in [0.25, 0.3) is 0 Å². The third-order valence-corrected chi connectivity index (χ3v) is 5.50. The molecular weight excluding hydrogens is 354 g/mol. The van der Waals surface area contributed by atoms with Gasteiger partial charge in [-0.25, -0.2) is 4.98 Å². The van der Waals surface area contributed by atoms with Crippen LogP contribution in [0.3, 0.4) is 0 Å². The number of carbonyl (C=O) groups excluding carboxylic acids is 2. The molecule has 28 heavy (non-hydrogen) atoms. The molecule has 6 nitrogen and oxygen atoms in total. The van der Waals surface area contributed by atoms with Gasteiger partial charge in [0.15, 0.2) is 0 Å². The summed E-state index contributed by atoms with van der Waals surface area (Å²) in [5, 5.41) is 0. The van der Waals surface area contributed by atoms with Gasteiger partial charge < -0.3 is 9.64 Å². The highest BCUT2D eigenvalue weighted by Gasteiger charge is 2.37. The van der Waals surface area contributed by atoms with E-state index >= 15 is 0 Å². The number of aromatic nitrogens is 2. The molecule has 1 saturated heterocycles. The lowest BCUT2D eigenvalue weighted by atomic mass is 10.1. The quantitative estimate of drug-likeness (QED) is 0.699. The molecule has 2 aromatic carbocycles. The molecule has 0 aliphatic carbocycles. The van der Waals surface area contributed by atoms with Crippen LogP contribution in [-0.4, -0.2) is 35.0 Å². The molecule has 0 spiro atoms. The van der Waals surface area contributed by atoms with Gasteiger partial charge in [-0.1, -0.05) is 6.07 Å². The summed E-state index contributed by atoms with van der Waals surface area (Å²) >= 11 is 0. The number of hydrogen-bond acceptors (Lipinski definition) is 4. The Morgan fingerprint density at radius 3 is 2.64 bits per heavy atom. The number of aryl methyl sites for hydroxylation is 3. The number of methoxy groups -OCH3 is 1. The molecule has 1 fully saturated rings. The van der Waals surface area contributed by atoms with E-state index in [-0.39, 0.29) is 18.2 Å². The summed E-state index contributed by atoms with van der Waals surface area (Å²) in [6.07, 6.45) is 1.74. The average Bonchev–Trinajstić information content (AvgIpc) is 3.25. The second-order valence-electron chi connectivity index (χ2n) is 7.46. The first-order valence-electron chi connectivity index (χ1n) is 9.32. The molecule has 0 bridgehead atoms. The molecule has 1 aliphatic rings. The van der Waals surface area contributed by atoms with Gasteiger partial charge in [-0.15, -0.1) is 0 Å². The molecule has 0 radical (unpaired) electrons. The van der Waals surface area contributed by atoms with E-state index in [1.165, 1.54) is 0 Å². The zero-order valence-electron chi connectivity index (χ0n) is 16.5. The molecule has 1 atom stereocenters. The maximum atomic E-state index is 13.2. The van der Waals surface area contributed by atoms with Gasteiger partial charge in [-0.3, -0.25) is 14.2 Å². The van der Waals surface area contributed by atoms with E-state index in [9.17, 15) is 9.59 Å². The van der Waals surface area contributed by atoms with Crippen molar-refractivity contribution >= 4 is 28.5 Å². The fourth-order valence-corrected chi connectivity index (χ4v) is 3.75. The number of imidazole rings is 1. The van der Waals surface area contributed by atoms with E-state index in [0.717, 1.165) is 27.7 Å². The van der Waals surface area contributed by atoms with Crippen molar-refractivity contribution in [3.63, 3.8) is 0 Å². The topological polar surface area (TPSA) is 64.4 Å². The highest BCUT2D eigenvalue weighted by atomic mass is 16.5. The predicted molar refractivity (Wildman–Crippen MR) is 108 cm³/mol. The van der Waals surface area contributed by atoms with Crippen LogP contribution in [0, 0.1) is 26.7 Å². The van der Waals surface area contributed by atoms with Crippen molar-refractivity contribution in [3.05, 3.63) is 53.3 Å². The van der Waals surface area contributed by atoms with Gasteiger partial charge in [0.05, 0.1) is 29.7 Å². The van der Waals surface area contributed by atoms with Gasteiger partial charge in [0.1, 0.15) is 12.1 Å². The molecule has 0 saturated carbocycles. The van der Waals surface area contributed by atoms with Crippen molar-refractivity contribution in [2.75, 3.05) is 18.6 Å². The van der Waals surface area contributed by atoms with Crippen molar-refractivity contribution < 1.29 is 14.3 Å². The van der Waals surface area contributed by atoms with Crippen LogP contribution in [0.1, 0.15) is 27.9 Å². The summed E-state index contributed by atoms with van der Waals surface area (Å²) in [6, 6.07) is 9.67. The Kier molecular flexibility index (Phi) is 4.41. The van der Waals surface area contributed by atoms with Crippen molar-refractivity contribution in [1.82, 2.24) is 9.55 Å². The van der Waals surface area contributed by atoms with Crippen molar-refractivity contribution in [3.8, 4) is 5.75 Å². The number of hydrogen-bond donors (Lipinski definition) is 0. The molecule has 3 aromatic rings. The Balaban J connectivity index is 1.65. The molecule has 1 aliphatic heterocycles. The van der Waals surface area contributed by atoms with Crippen molar-refractivity contribution in [2.45, 2.75) is 27.2 Å². The summed E-state index contributed by atoms with van der Waals surface area (Å²) in [6.45, 7) is 6.34. The Hall–Kier alpha value is -3.15. The molecule has 1 unspecified atom stereocenters. The number of amides is 1. The minimum Gasteiger partial charge on any atom is -0.495 e. The number of fused-ring (bicyclic) bond motifs is 1. The van der Waals surface area contributed by atoms with Crippen LogP contribution in [0.25, 0.3) is 11.0 Å². The van der Waals surface area contributed by atoms with E-state index in [2.05, 4.69) is 4.98 Å². The lowest BCUT2D eigenvalue weighted by Gasteiger charge is -2.20. The Morgan fingerprint density at radius 2 is 1.89 bits per heavy atom. The largest absolute Gasteiger partial charge is 0.495 e. The zero-order chi connectivity index (χ0) is 20.0. The fraction of sp³-hybridized carbons (Fsp3) is 0.318. The number of rotatable bonds is 3. The van der Waals surface area contributed by atoms with E-state index in [1.54, 1.807) is 22.9 Å². The van der Waals surface area contributed by atoms with Crippen molar-refractivity contribution in [1.29, 1.82) is 0 Å². The Morgan fingerprint density at radius 1 is 1.14 bits per heavy atom. The number of nitrogens with zero attached hydrogens (tertiary/aromatic N) is 3. The first kappa shape index (κ1) is 18.2. The van der Waals surface area contributed by atoms with E-state index in [4.69, 9.17) is 4.74 Å².